The van der Waals surface area contributed by atoms with Crippen molar-refractivity contribution in [1.29, 1.82) is 0 Å². The van der Waals surface area contributed by atoms with E-state index in [0.717, 1.165) is 21.7 Å². The third kappa shape index (κ3) is 2.79. The van der Waals surface area contributed by atoms with E-state index >= 15 is 0 Å². The fraction of sp³-hybridized carbons (Fsp3) is 0.0556. The Kier molecular flexibility index (Phi) is 3.80. The van der Waals surface area contributed by atoms with E-state index in [-0.39, 0.29) is 5.91 Å². The second kappa shape index (κ2) is 6.25. The molecule has 24 heavy (non-hydrogen) atoms. The molecular formula is C18H14N4OS. The van der Waals surface area contributed by atoms with Gasteiger partial charge in [-0.1, -0.05) is 6.07 Å². The van der Waals surface area contributed by atoms with Crippen LogP contribution in [-0.2, 0) is 6.54 Å². The smallest absolute Gasteiger partial charge is 0.251 e. The zero-order valence-corrected chi connectivity index (χ0v) is 13.5. The monoisotopic (exact) mass is 334 g/mol. The number of nitrogens with zero attached hydrogens (tertiary/aromatic N) is 3. The van der Waals surface area contributed by atoms with Crippen LogP contribution in [0.2, 0.25) is 0 Å². The summed E-state index contributed by atoms with van der Waals surface area (Å²) in [5, 5.41) is 4.92. The lowest BCUT2D eigenvalue weighted by Crippen LogP contribution is -2.22. The van der Waals surface area contributed by atoms with Crippen molar-refractivity contribution in [3.63, 3.8) is 0 Å². The van der Waals surface area contributed by atoms with Gasteiger partial charge in [0.05, 0.1) is 6.54 Å². The van der Waals surface area contributed by atoms with Crippen LogP contribution in [0.5, 0.6) is 0 Å². The summed E-state index contributed by atoms with van der Waals surface area (Å²) in [6.07, 6.45) is 3.48. The summed E-state index contributed by atoms with van der Waals surface area (Å²) in [4.78, 5) is 22.0. The Morgan fingerprint density at radius 3 is 2.75 bits per heavy atom. The first-order valence-electron chi connectivity index (χ1n) is 7.50. The molecule has 0 saturated carbocycles. The predicted molar refractivity (Wildman–Crippen MR) is 94.4 cm³/mol. The SMILES string of the molecule is O=C(NCc1cccs1)c1ccc(-n2cnc3cccnc32)cc1. The number of carbonyl (C=O) groups is 1. The average Bonchev–Trinajstić information content (AvgIpc) is 3.29. The van der Waals surface area contributed by atoms with E-state index in [2.05, 4.69) is 15.3 Å². The highest BCUT2D eigenvalue weighted by Gasteiger charge is 2.08. The Morgan fingerprint density at radius 2 is 1.96 bits per heavy atom. The highest BCUT2D eigenvalue weighted by atomic mass is 32.1. The lowest BCUT2D eigenvalue weighted by molar-refractivity contribution is 0.0951. The molecule has 0 aliphatic rings. The van der Waals surface area contributed by atoms with Crippen LogP contribution in [0.25, 0.3) is 16.9 Å². The van der Waals surface area contributed by atoms with Crippen LogP contribution in [0.15, 0.2) is 66.4 Å². The number of imidazole rings is 1. The first-order valence-corrected chi connectivity index (χ1v) is 8.38. The van der Waals surface area contributed by atoms with Crippen molar-refractivity contribution in [3.8, 4) is 5.69 Å². The van der Waals surface area contributed by atoms with E-state index in [0.29, 0.717) is 12.1 Å². The molecule has 1 N–H and O–H groups in total. The topological polar surface area (TPSA) is 59.8 Å². The molecule has 3 aromatic heterocycles. The standard InChI is InChI=1S/C18H14N4OS/c23-18(20-11-15-3-2-10-24-15)13-5-7-14(8-6-13)22-12-21-16-4-1-9-19-17(16)22/h1-10,12H,11H2,(H,20,23). The maximum atomic E-state index is 12.2. The number of pyridine rings is 1. The number of carbonyl (C=O) groups excluding carboxylic acids is 1. The molecule has 6 heteroatoms. The molecule has 0 spiro atoms. The van der Waals surface area contributed by atoms with Crippen molar-refractivity contribution in [1.82, 2.24) is 19.9 Å². The van der Waals surface area contributed by atoms with E-state index in [1.807, 2.05) is 58.5 Å². The summed E-state index contributed by atoms with van der Waals surface area (Å²) in [5.41, 5.74) is 3.20. The van der Waals surface area contributed by atoms with Crippen molar-refractivity contribution < 1.29 is 4.79 Å². The number of hydrogen-bond acceptors (Lipinski definition) is 4. The Labute approximate surface area is 142 Å². The summed E-state index contributed by atoms with van der Waals surface area (Å²) >= 11 is 1.63. The Morgan fingerprint density at radius 1 is 1.08 bits per heavy atom. The molecule has 0 unspecified atom stereocenters. The Hall–Kier alpha value is -2.99. The fourth-order valence-electron chi connectivity index (χ4n) is 2.49. The van der Waals surface area contributed by atoms with Gasteiger partial charge in [-0.05, 0) is 47.8 Å². The molecule has 0 aliphatic carbocycles. The van der Waals surface area contributed by atoms with Gasteiger partial charge in [0.15, 0.2) is 5.65 Å². The summed E-state index contributed by atoms with van der Waals surface area (Å²) in [7, 11) is 0. The van der Waals surface area contributed by atoms with E-state index < -0.39 is 0 Å². The number of benzene rings is 1. The zero-order valence-electron chi connectivity index (χ0n) is 12.7. The summed E-state index contributed by atoms with van der Waals surface area (Å²) in [6, 6.07) is 15.2. The molecule has 0 fully saturated rings. The van der Waals surface area contributed by atoms with Gasteiger partial charge in [-0.15, -0.1) is 11.3 Å². The first-order chi connectivity index (χ1) is 11.8. The van der Waals surface area contributed by atoms with Crippen molar-refractivity contribution >= 4 is 28.4 Å². The molecule has 4 aromatic rings. The van der Waals surface area contributed by atoms with Gasteiger partial charge in [0.2, 0.25) is 0 Å². The number of hydrogen-bond donors (Lipinski definition) is 1. The Bertz CT molecular complexity index is 974. The number of aromatic nitrogens is 3. The number of nitrogens with one attached hydrogen (secondary N) is 1. The van der Waals surface area contributed by atoms with Gasteiger partial charge >= 0.3 is 0 Å². The number of thiophene rings is 1. The van der Waals surface area contributed by atoms with Gasteiger partial charge in [-0.25, -0.2) is 9.97 Å². The molecule has 118 valence electrons. The quantitative estimate of drug-likeness (QED) is 0.622. The minimum Gasteiger partial charge on any atom is -0.347 e. The summed E-state index contributed by atoms with van der Waals surface area (Å²) in [6.45, 7) is 0.550. The number of fused-ring (bicyclic) bond motifs is 1. The van der Waals surface area contributed by atoms with Crippen molar-refractivity contribution in [3.05, 3.63) is 76.9 Å². The van der Waals surface area contributed by atoms with Crippen LogP contribution in [0.3, 0.4) is 0 Å². The van der Waals surface area contributed by atoms with Crippen molar-refractivity contribution in [2.75, 3.05) is 0 Å². The third-order valence-corrected chi connectivity index (χ3v) is 4.59. The van der Waals surface area contributed by atoms with Gasteiger partial charge in [-0.3, -0.25) is 9.36 Å². The Balaban J connectivity index is 1.53. The molecule has 1 amide bonds. The van der Waals surface area contributed by atoms with Crippen molar-refractivity contribution in [2.24, 2.45) is 0 Å². The van der Waals surface area contributed by atoms with Gasteiger partial charge in [0, 0.05) is 22.3 Å². The summed E-state index contributed by atoms with van der Waals surface area (Å²) in [5.74, 6) is -0.0800. The molecule has 4 rings (SSSR count). The van der Waals surface area contributed by atoms with Crippen LogP contribution >= 0.6 is 11.3 Å². The van der Waals surface area contributed by atoms with Crippen LogP contribution in [0.1, 0.15) is 15.2 Å². The van der Waals surface area contributed by atoms with Crippen LogP contribution in [0, 0.1) is 0 Å². The minimum atomic E-state index is -0.0800. The summed E-state index contributed by atoms with van der Waals surface area (Å²) < 4.78 is 1.91. The molecular weight excluding hydrogens is 320 g/mol. The largest absolute Gasteiger partial charge is 0.347 e. The lowest BCUT2D eigenvalue weighted by atomic mass is 10.2. The van der Waals surface area contributed by atoms with Crippen LogP contribution in [0.4, 0.5) is 0 Å². The number of rotatable bonds is 4. The number of amides is 1. The molecule has 0 aliphatic heterocycles. The van der Waals surface area contributed by atoms with Gasteiger partial charge < -0.3 is 5.32 Å². The first kappa shape index (κ1) is 14.6. The normalized spacial score (nSPS) is 10.8. The van der Waals surface area contributed by atoms with E-state index in [4.69, 9.17) is 0 Å². The van der Waals surface area contributed by atoms with E-state index in [9.17, 15) is 4.79 Å². The lowest BCUT2D eigenvalue weighted by Gasteiger charge is -2.06. The molecule has 3 heterocycles. The fourth-order valence-corrected chi connectivity index (χ4v) is 3.14. The molecule has 0 radical (unpaired) electrons. The molecule has 0 atom stereocenters. The van der Waals surface area contributed by atoms with E-state index in [1.165, 1.54) is 0 Å². The highest BCUT2D eigenvalue weighted by molar-refractivity contribution is 7.09. The minimum absolute atomic E-state index is 0.0800. The zero-order chi connectivity index (χ0) is 16.4. The molecule has 5 nitrogen and oxygen atoms in total. The van der Waals surface area contributed by atoms with E-state index in [1.54, 1.807) is 23.9 Å². The predicted octanol–water partition coefficient (Wildman–Crippen LogP) is 3.41. The highest BCUT2D eigenvalue weighted by Crippen LogP contribution is 2.16. The second-order valence-electron chi connectivity index (χ2n) is 5.27. The third-order valence-electron chi connectivity index (χ3n) is 3.72. The van der Waals surface area contributed by atoms with Crippen LogP contribution < -0.4 is 5.32 Å². The molecule has 0 bridgehead atoms. The maximum absolute atomic E-state index is 12.2. The molecule has 1 aromatic carbocycles. The maximum Gasteiger partial charge on any atom is 0.251 e. The molecule has 0 saturated heterocycles. The second-order valence-corrected chi connectivity index (χ2v) is 6.30. The van der Waals surface area contributed by atoms with Gasteiger partial charge in [0.25, 0.3) is 5.91 Å². The average molecular weight is 334 g/mol. The van der Waals surface area contributed by atoms with Gasteiger partial charge in [-0.2, -0.15) is 0 Å². The van der Waals surface area contributed by atoms with Gasteiger partial charge in [0.1, 0.15) is 11.8 Å². The van der Waals surface area contributed by atoms with Crippen LogP contribution in [-0.4, -0.2) is 20.4 Å². The van der Waals surface area contributed by atoms with Crippen molar-refractivity contribution in [2.45, 2.75) is 6.54 Å².